The highest BCUT2D eigenvalue weighted by atomic mass is 19.1. The number of nitrogen functional groups attached to an aromatic ring is 1. The molecule has 2 aromatic rings. The molecule has 1 aromatic carbocycles. The number of nitrogens with one attached hydrogen (secondary N) is 2. The molecule has 0 atom stereocenters. The fourth-order valence-electron chi connectivity index (χ4n) is 1.55. The summed E-state index contributed by atoms with van der Waals surface area (Å²) in [7, 11) is 0. The molecule has 6 nitrogen and oxygen atoms in total. The molecule has 0 saturated carbocycles. The Labute approximate surface area is 109 Å². The van der Waals surface area contributed by atoms with Crippen LogP contribution in [0.1, 0.15) is 11.3 Å². The van der Waals surface area contributed by atoms with Crippen molar-refractivity contribution in [3.05, 3.63) is 41.3 Å². The lowest BCUT2D eigenvalue weighted by atomic mass is 10.2. The Bertz CT molecular complexity index is 649. The van der Waals surface area contributed by atoms with Gasteiger partial charge in [0.05, 0.1) is 11.3 Å². The third-order valence-corrected chi connectivity index (χ3v) is 2.35. The van der Waals surface area contributed by atoms with E-state index in [0.717, 1.165) is 6.07 Å². The SMILES string of the molecule is Cc1cc(Nc2ccc(F)cc2C#N)nc(NN)n1. The first kappa shape index (κ1) is 12.7. The van der Waals surface area contributed by atoms with Crippen LogP contribution in [0.25, 0.3) is 0 Å². The van der Waals surface area contributed by atoms with Crippen LogP contribution in [-0.2, 0) is 0 Å². The van der Waals surface area contributed by atoms with E-state index in [2.05, 4.69) is 20.7 Å². The molecule has 19 heavy (non-hydrogen) atoms. The van der Waals surface area contributed by atoms with Gasteiger partial charge in [-0.15, -0.1) is 0 Å². The molecular weight excluding hydrogens is 247 g/mol. The molecule has 4 N–H and O–H groups in total. The molecular formula is C12H11FN6. The summed E-state index contributed by atoms with van der Waals surface area (Å²) in [5.41, 5.74) is 3.70. The van der Waals surface area contributed by atoms with Gasteiger partial charge in [0.25, 0.3) is 0 Å². The number of aromatic nitrogens is 2. The van der Waals surface area contributed by atoms with Gasteiger partial charge >= 0.3 is 0 Å². The summed E-state index contributed by atoms with van der Waals surface area (Å²) in [6.07, 6.45) is 0. The zero-order chi connectivity index (χ0) is 13.8. The quantitative estimate of drug-likeness (QED) is 0.573. The summed E-state index contributed by atoms with van der Waals surface area (Å²) in [4.78, 5) is 8.12. The lowest BCUT2D eigenvalue weighted by molar-refractivity contribution is 0.627. The van der Waals surface area contributed by atoms with E-state index in [4.69, 9.17) is 11.1 Å². The molecule has 0 aliphatic heterocycles. The van der Waals surface area contributed by atoms with Crippen LogP contribution >= 0.6 is 0 Å². The summed E-state index contributed by atoms with van der Waals surface area (Å²) >= 11 is 0. The molecule has 0 unspecified atom stereocenters. The predicted octanol–water partition coefficient (Wildman–Crippen LogP) is 1.82. The Kier molecular flexibility index (Phi) is 3.54. The van der Waals surface area contributed by atoms with E-state index >= 15 is 0 Å². The van der Waals surface area contributed by atoms with Crippen LogP contribution in [0.15, 0.2) is 24.3 Å². The topological polar surface area (TPSA) is 99.7 Å². The van der Waals surface area contributed by atoms with E-state index in [9.17, 15) is 4.39 Å². The minimum absolute atomic E-state index is 0.193. The average Bonchev–Trinajstić information content (AvgIpc) is 2.40. The van der Waals surface area contributed by atoms with Crippen molar-refractivity contribution in [2.75, 3.05) is 10.7 Å². The van der Waals surface area contributed by atoms with Crippen LogP contribution in [0.2, 0.25) is 0 Å². The highest BCUT2D eigenvalue weighted by Gasteiger charge is 2.06. The first-order valence-corrected chi connectivity index (χ1v) is 5.41. The van der Waals surface area contributed by atoms with E-state index in [-0.39, 0.29) is 11.5 Å². The molecule has 0 saturated heterocycles. The first-order chi connectivity index (χ1) is 9.12. The maximum Gasteiger partial charge on any atom is 0.239 e. The van der Waals surface area contributed by atoms with Crippen molar-refractivity contribution < 1.29 is 4.39 Å². The third kappa shape index (κ3) is 2.94. The summed E-state index contributed by atoms with van der Waals surface area (Å²) in [5.74, 6) is 5.50. The van der Waals surface area contributed by atoms with Gasteiger partial charge in [-0.3, -0.25) is 5.43 Å². The van der Waals surface area contributed by atoms with E-state index in [1.54, 1.807) is 13.0 Å². The smallest absolute Gasteiger partial charge is 0.239 e. The summed E-state index contributed by atoms with van der Waals surface area (Å²) in [6, 6.07) is 7.49. The number of aryl methyl sites for hydroxylation is 1. The monoisotopic (exact) mass is 258 g/mol. The summed E-state index contributed by atoms with van der Waals surface area (Å²) in [6.45, 7) is 1.78. The van der Waals surface area contributed by atoms with Crippen LogP contribution in [0.4, 0.5) is 21.8 Å². The molecule has 0 aliphatic rings. The minimum atomic E-state index is -0.467. The number of hydrogen-bond acceptors (Lipinski definition) is 6. The van der Waals surface area contributed by atoms with Gasteiger partial charge in [-0.05, 0) is 25.1 Å². The standard InChI is InChI=1S/C12H11FN6/c1-7-4-11(18-12(16-7)19-15)17-10-3-2-9(13)5-8(10)6-14/h2-5H,15H2,1H3,(H2,16,17,18,19). The van der Waals surface area contributed by atoms with Gasteiger partial charge in [-0.25, -0.2) is 15.2 Å². The summed E-state index contributed by atoms with van der Waals surface area (Å²) in [5, 5.41) is 11.9. The zero-order valence-corrected chi connectivity index (χ0v) is 10.1. The first-order valence-electron chi connectivity index (χ1n) is 5.41. The second-order valence-electron chi connectivity index (χ2n) is 3.79. The van der Waals surface area contributed by atoms with Gasteiger partial charge in [0.15, 0.2) is 0 Å². The fourth-order valence-corrected chi connectivity index (χ4v) is 1.55. The van der Waals surface area contributed by atoms with Gasteiger partial charge in [0, 0.05) is 11.8 Å². The fraction of sp³-hybridized carbons (Fsp3) is 0.0833. The molecule has 7 heteroatoms. The molecule has 0 spiro atoms. The van der Waals surface area contributed by atoms with Crippen molar-refractivity contribution in [1.29, 1.82) is 5.26 Å². The van der Waals surface area contributed by atoms with E-state index < -0.39 is 5.82 Å². The molecule has 2 rings (SSSR count). The van der Waals surface area contributed by atoms with Crippen LogP contribution in [0.5, 0.6) is 0 Å². The molecule has 0 fully saturated rings. The Morgan fingerprint density at radius 3 is 2.79 bits per heavy atom. The largest absolute Gasteiger partial charge is 0.339 e. The van der Waals surface area contributed by atoms with Crippen molar-refractivity contribution in [2.45, 2.75) is 6.92 Å². The number of nitriles is 1. The minimum Gasteiger partial charge on any atom is -0.339 e. The molecule has 0 bridgehead atoms. The van der Waals surface area contributed by atoms with E-state index in [1.807, 2.05) is 6.07 Å². The Morgan fingerprint density at radius 1 is 1.32 bits per heavy atom. The highest BCUT2D eigenvalue weighted by molar-refractivity contribution is 5.65. The molecule has 0 aliphatic carbocycles. The number of rotatable bonds is 3. The van der Waals surface area contributed by atoms with Crippen molar-refractivity contribution in [1.82, 2.24) is 9.97 Å². The van der Waals surface area contributed by atoms with Gasteiger partial charge in [0.1, 0.15) is 17.7 Å². The van der Waals surface area contributed by atoms with Crippen molar-refractivity contribution in [2.24, 2.45) is 5.84 Å². The second-order valence-corrected chi connectivity index (χ2v) is 3.79. The average molecular weight is 258 g/mol. The van der Waals surface area contributed by atoms with Crippen LogP contribution in [0.3, 0.4) is 0 Å². The molecule has 96 valence electrons. The molecule has 1 heterocycles. The number of hydrogen-bond donors (Lipinski definition) is 3. The lowest BCUT2D eigenvalue weighted by Gasteiger charge is -2.09. The van der Waals surface area contributed by atoms with Gasteiger partial charge < -0.3 is 5.32 Å². The van der Waals surface area contributed by atoms with Crippen molar-refractivity contribution in [3.63, 3.8) is 0 Å². The van der Waals surface area contributed by atoms with E-state index in [1.165, 1.54) is 12.1 Å². The number of anilines is 3. The van der Waals surface area contributed by atoms with Gasteiger partial charge in [-0.2, -0.15) is 10.2 Å². The number of nitrogens with two attached hydrogens (primary N) is 1. The Morgan fingerprint density at radius 2 is 2.11 bits per heavy atom. The maximum absolute atomic E-state index is 13.0. The number of hydrazine groups is 1. The number of benzene rings is 1. The third-order valence-electron chi connectivity index (χ3n) is 2.35. The molecule has 0 radical (unpaired) electrons. The predicted molar refractivity (Wildman–Crippen MR) is 69.0 cm³/mol. The van der Waals surface area contributed by atoms with Crippen LogP contribution in [-0.4, -0.2) is 9.97 Å². The van der Waals surface area contributed by atoms with Crippen LogP contribution < -0.4 is 16.6 Å². The lowest BCUT2D eigenvalue weighted by Crippen LogP contribution is -2.12. The molecule has 0 amide bonds. The number of nitrogens with zero attached hydrogens (tertiary/aromatic N) is 3. The maximum atomic E-state index is 13.0. The summed E-state index contributed by atoms with van der Waals surface area (Å²) < 4.78 is 13.0. The molecule has 1 aromatic heterocycles. The Hall–Kier alpha value is -2.72. The van der Waals surface area contributed by atoms with Gasteiger partial charge in [-0.1, -0.05) is 0 Å². The van der Waals surface area contributed by atoms with Crippen molar-refractivity contribution >= 4 is 17.5 Å². The highest BCUT2D eigenvalue weighted by Crippen LogP contribution is 2.21. The zero-order valence-electron chi connectivity index (χ0n) is 10.1. The van der Waals surface area contributed by atoms with E-state index in [0.29, 0.717) is 17.2 Å². The number of halogens is 1. The van der Waals surface area contributed by atoms with Crippen LogP contribution in [0, 0.1) is 24.1 Å². The Balaban J connectivity index is 2.36. The van der Waals surface area contributed by atoms with Crippen molar-refractivity contribution in [3.8, 4) is 6.07 Å². The second kappa shape index (κ2) is 5.29. The normalized spacial score (nSPS) is 9.79. The van der Waals surface area contributed by atoms with Gasteiger partial charge in [0.2, 0.25) is 5.95 Å².